The van der Waals surface area contributed by atoms with Gasteiger partial charge in [0.15, 0.2) is 0 Å². The number of hydrogen-bond donors (Lipinski definition) is 2. The summed E-state index contributed by atoms with van der Waals surface area (Å²) >= 11 is 0. The molecule has 0 heterocycles. The zero-order valence-electron chi connectivity index (χ0n) is 19.0. The Morgan fingerprint density at radius 3 is 1.69 bits per heavy atom. The number of aromatic carboxylic acids is 2. The van der Waals surface area contributed by atoms with Crippen molar-refractivity contribution in [2.24, 2.45) is 11.8 Å². The first-order chi connectivity index (χ1) is 13.8. The number of unbranched alkanes of at least 4 members (excludes halogenated alkanes) is 2. The zero-order chi connectivity index (χ0) is 22.0. The van der Waals surface area contributed by atoms with Crippen LogP contribution >= 0.6 is 0 Å². The highest BCUT2D eigenvalue weighted by molar-refractivity contribution is 5.98. The second-order valence-corrected chi connectivity index (χ2v) is 8.42. The molecule has 0 aliphatic heterocycles. The van der Waals surface area contributed by atoms with Crippen LogP contribution in [0.1, 0.15) is 116 Å². The smallest absolute Gasteiger partial charge is 0.336 e. The standard InChI is InChI=1S/C25H40O4/c1-6-10-12-18(8-3)15-20-17(5)14-22(24(26)27)21(23(20)25(28)29)16-19(9-4)13-11-7-2/h14,18-19H,6-13,15-16H2,1-5H3,(H,26,27)(H,28,29). The van der Waals surface area contributed by atoms with Crippen molar-refractivity contribution in [1.29, 1.82) is 0 Å². The Labute approximate surface area is 176 Å². The fourth-order valence-electron chi connectivity index (χ4n) is 4.29. The fraction of sp³-hybridized carbons (Fsp3) is 0.680. The summed E-state index contributed by atoms with van der Waals surface area (Å²) in [5, 5.41) is 19.9. The molecule has 29 heavy (non-hydrogen) atoms. The van der Waals surface area contributed by atoms with Gasteiger partial charge in [0, 0.05) is 0 Å². The molecule has 1 aromatic carbocycles. The molecule has 2 atom stereocenters. The van der Waals surface area contributed by atoms with Gasteiger partial charge in [-0.05, 0) is 54.4 Å². The first-order valence-electron chi connectivity index (χ1n) is 11.4. The first kappa shape index (κ1) is 25.2. The monoisotopic (exact) mass is 404 g/mol. The van der Waals surface area contributed by atoms with Crippen molar-refractivity contribution in [2.45, 2.75) is 98.8 Å². The first-order valence-corrected chi connectivity index (χ1v) is 11.4. The summed E-state index contributed by atoms with van der Waals surface area (Å²) in [6, 6.07) is 1.71. The molecule has 0 amide bonds. The van der Waals surface area contributed by atoms with Crippen LogP contribution in [0.25, 0.3) is 0 Å². The number of carboxylic acid groups (broad SMARTS) is 2. The van der Waals surface area contributed by atoms with Crippen LogP contribution in [0.15, 0.2) is 6.07 Å². The van der Waals surface area contributed by atoms with E-state index in [4.69, 9.17) is 0 Å². The lowest BCUT2D eigenvalue weighted by Gasteiger charge is -2.23. The van der Waals surface area contributed by atoms with Gasteiger partial charge in [-0.3, -0.25) is 0 Å². The minimum Gasteiger partial charge on any atom is -0.478 e. The summed E-state index contributed by atoms with van der Waals surface area (Å²) in [5.41, 5.74) is 2.58. The number of rotatable bonds is 14. The van der Waals surface area contributed by atoms with Crippen LogP contribution in [0.2, 0.25) is 0 Å². The van der Waals surface area contributed by atoms with Crippen molar-refractivity contribution in [3.63, 3.8) is 0 Å². The molecule has 0 saturated carbocycles. The molecule has 4 nitrogen and oxygen atoms in total. The van der Waals surface area contributed by atoms with Gasteiger partial charge < -0.3 is 10.2 Å². The van der Waals surface area contributed by atoms with Crippen LogP contribution in [0.3, 0.4) is 0 Å². The van der Waals surface area contributed by atoms with E-state index in [1.165, 1.54) is 0 Å². The quantitative estimate of drug-likeness (QED) is 0.353. The zero-order valence-corrected chi connectivity index (χ0v) is 19.0. The van der Waals surface area contributed by atoms with E-state index in [1.807, 2.05) is 6.92 Å². The lowest BCUT2D eigenvalue weighted by atomic mass is 9.81. The molecule has 0 aromatic heterocycles. The van der Waals surface area contributed by atoms with Gasteiger partial charge in [0.2, 0.25) is 0 Å². The van der Waals surface area contributed by atoms with Crippen molar-refractivity contribution < 1.29 is 19.8 Å². The maximum absolute atomic E-state index is 12.3. The van der Waals surface area contributed by atoms with Gasteiger partial charge in [-0.15, -0.1) is 0 Å². The SMILES string of the molecule is CCCCC(CC)Cc1c(C)cc(C(=O)O)c(CC(CC)CCCC)c1C(=O)O. The van der Waals surface area contributed by atoms with Gasteiger partial charge in [-0.25, -0.2) is 9.59 Å². The molecule has 2 unspecified atom stereocenters. The predicted molar refractivity (Wildman–Crippen MR) is 119 cm³/mol. The summed E-state index contributed by atoms with van der Waals surface area (Å²) in [5.74, 6) is -1.28. The number of carboxylic acids is 2. The Bertz CT molecular complexity index is 678. The molecule has 0 aliphatic carbocycles. The Morgan fingerprint density at radius 2 is 1.31 bits per heavy atom. The third kappa shape index (κ3) is 7.17. The molecule has 0 bridgehead atoms. The fourth-order valence-corrected chi connectivity index (χ4v) is 4.29. The second kappa shape index (κ2) is 12.7. The molecule has 2 N–H and O–H groups in total. The largest absolute Gasteiger partial charge is 0.478 e. The Kier molecular flexibility index (Phi) is 11.0. The Morgan fingerprint density at radius 1 is 0.828 bits per heavy atom. The van der Waals surface area contributed by atoms with Gasteiger partial charge in [0.25, 0.3) is 0 Å². The topological polar surface area (TPSA) is 74.6 Å². The van der Waals surface area contributed by atoms with E-state index in [9.17, 15) is 19.8 Å². The van der Waals surface area contributed by atoms with Crippen LogP contribution in [0.4, 0.5) is 0 Å². The van der Waals surface area contributed by atoms with Crippen LogP contribution < -0.4 is 0 Å². The molecular weight excluding hydrogens is 364 g/mol. The van der Waals surface area contributed by atoms with Crippen LogP contribution in [0, 0.1) is 18.8 Å². The molecule has 1 aromatic rings. The van der Waals surface area contributed by atoms with E-state index in [-0.39, 0.29) is 11.1 Å². The van der Waals surface area contributed by atoms with Crippen molar-refractivity contribution in [1.82, 2.24) is 0 Å². The lowest BCUT2D eigenvalue weighted by Crippen LogP contribution is -2.19. The van der Waals surface area contributed by atoms with Crippen molar-refractivity contribution in [2.75, 3.05) is 0 Å². The molecule has 0 fully saturated rings. The van der Waals surface area contributed by atoms with E-state index in [0.717, 1.165) is 62.5 Å². The molecule has 4 heteroatoms. The van der Waals surface area contributed by atoms with Crippen LogP contribution in [-0.4, -0.2) is 22.2 Å². The van der Waals surface area contributed by atoms with Gasteiger partial charge in [0.05, 0.1) is 11.1 Å². The van der Waals surface area contributed by atoms with Crippen molar-refractivity contribution in [3.8, 4) is 0 Å². The second-order valence-electron chi connectivity index (χ2n) is 8.42. The van der Waals surface area contributed by atoms with E-state index in [0.29, 0.717) is 30.2 Å². The summed E-state index contributed by atoms with van der Waals surface area (Å²) in [7, 11) is 0. The maximum Gasteiger partial charge on any atom is 0.336 e. The average molecular weight is 405 g/mol. The van der Waals surface area contributed by atoms with Crippen molar-refractivity contribution in [3.05, 3.63) is 33.9 Å². The Hall–Kier alpha value is -1.84. The van der Waals surface area contributed by atoms with E-state index >= 15 is 0 Å². The van der Waals surface area contributed by atoms with Gasteiger partial charge in [-0.2, -0.15) is 0 Å². The van der Waals surface area contributed by atoms with Gasteiger partial charge >= 0.3 is 11.9 Å². The minimum atomic E-state index is -1.03. The van der Waals surface area contributed by atoms with Crippen molar-refractivity contribution >= 4 is 11.9 Å². The average Bonchev–Trinajstić information content (AvgIpc) is 2.69. The highest BCUT2D eigenvalue weighted by Crippen LogP contribution is 2.31. The van der Waals surface area contributed by atoms with Crippen LogP contribution in [0.5, 0.6) is 0 Å². The van der Waals surface area contributed by atoms with Crippen LogP contribution in [-0.2, 0) is 12.8 Å². The Balaban J connectivity index is 3.49. The summed E-state index contributed by atoms with van der Waals surface area (Å²) in [6.07, 6.45) is 9.67. The lowest BCUT2D eigenvalue weighted by molar-refractivity contribution is 0.0693. The predicted octanol–water partition coefficient (Wildman–Crippen LogP) is 6.91. The maximum atomic E-state index is 12.3. The number of benzene rings is 1. The highest BCUT2D eigenvalue weighted by atomic mass is 16.4. The molecule has 0 radical (unpaired) electrons. The van der Waals surface area contributed by atoms with Gasteiger partial charge in [0.1, 0.15) is 0 Å². The van der Waals surface area contributed by atoms with E-state index in [2.05, 4.69) is 27.7 Å². The molecule has 1 rings (SSSR count). The third-order valence-electron chi connectivity index (χ3n) is 6.28. The number of hydrogen-bond acceptors (Lipinski definition) is 2. The number of aryl methyl sites for hydroxylation is 1. The molecule has 164 valence electrons. The van der Waals surface area contributed by atoms with E-state index < -0.39 is 11.9 Å². The van der Waals surface area contributed by atoms with Gasteiger partial charge in [-0.1, -0.05) is 79.1 Å². The summed E-state index contributed by atoms with van der Waals surface area (Å²) < 4.78 is 0. The van der Waals surface area contributed by atoms with E-state index in [1.54, 1.807) is 6.07 Å². The normalized spacial score (nSPS) is 13.3. The highest BCUT2D eigenvalue weighted by Gasteiger charge is 2.27. The third-order valence-corrected chi connectivity index (χ3v) is 6.28. The molecule has 0 aliphatic rings. The number of carbonyl (C=O) groups is 2. The summed E-state index contributed by atoms with van der Waals surface area (Å²) in [4.78, 5) is 24.3. The summed E-state index contributed by atoms with van der Waals surface area (Å²) in [6.45, 7) is 10.4. The molecule has 0 spiro atoms. The minimum absolute atomic E-state index is 0.167. The molecular formula is C25H40O4. The molecule has 0 saturated heterocycles.